The molecule has 0 aliphatic carbocycles. The van der Waals surface area contributed by atoms with Crippen molar-refractivity contribution in [2.75, 3.05) is 5.75 Å². The molecule has 1 aliphatic rings. The number of aryl methyl sites for hydroxylation is 1. The Bertz CT molecular complexity index is 643. The molecule has 0 atom stereocenters. The highest BCUT2D eigenvalue weighted by molar-refractivity contribution is 9.11. The largest absolute Gasteiger partial charge is 0.228 e. The highest BCUT2D eigenvalue weighted by Crippen LogP contribution is 2.26. The Balaban J connectivity index is 2.29. The maximum Gasteiger partial charge on any atom is 0.213 e. The molecule has 0 N–H and O–H groups in total. The first-order valence-corrected chi connectivity index (χ1v) is 7.71. The van der Waals surface area contributed by atoms with E-state index in [1.165, 1.54) is 11.3 Å². The van der Waals surface area contributed by atoms with Crippen LogP contribution >= 0.6 is 27.3 Å². The van der Waals surface area contributed by atoms with Gasteiger partial charge in [0.2, 0.25) is 4.96 Å². The van der Waals surface area contributed by atoms with Gasteiger partial charge in [-0.25, -0.2) is 17.9 Å². The molecule has 2 aromatic heterocycles. The molecule has 5 nitrogen and oxygen atoms in total. The van der Waals surface area contributed by atoms with Crippen LogP contribution in [0.1, 0.15) is 11.4 Å². The lowest BCUT2D eigenvalue weighted by Gasteiger charge is -2.10. The Hall–Kier alpha value is -0.470. The quantitative estimate of drug-likeness (QED) is 0.729. The third kappa shape index (κ3) is 1.51. The standard InChI is InChI=1S/C7H6BrN3O2S2/c8-6-10-11-5-3-15(12,13)2-1-4(5)9-7(11)14-6/h1-3H2. The number of rotatable bonds is 0. The molecule has 8 heteroatoms. The number of nitrogens with zero attached hydrogens (tertiary/aromatic N) is 3. The highest BCUT2D eigenvalue weighted by Gasteiger charge is 2.27. The third-order valence-corrected chi connectivity index (χ3v) is 5.24. The molecule has 0 aromatic carbocycles. The first-order chi connectivity index (χ1) is 7.05. The van der Waals surface area contributed by atoms with Gasteiger partial charge in [-0.2, -0.15) is 0 Å². The van der Waals surface area contributed by atoms with Crippen molar-refractivity contribution in [3.63, 3.8) is 0 Å². The minimum absolute atomic E-state index is 0.0552. The molecule has 2 aromatic rings. The van der Waals surface area contributed by atoms with Crippen molar-refractivity contribution in [3.8, 4) is 0 Å². The van der Waals surface area contributed by atoms with E-state index < -0.39 is 9.84 Å². The molecular weight excluding hydrogens is 302 g/mol. The minimum atomic E-state index is -2.96. The van der Waals surface area contributed by atoms with E-state index >= 15 is 0 Å². The number of imidazole rings is 1. The van der Waals surface area contributed by atoms with Crippen molar-refractivity contribution in [1.29, 1.82) is 0 Å². The average Bonchev–Trinajstić information content (AvgIpc) is 2.61. The zero-order valence-electron chi connectivity index (χ0n) is 7.47. The zero-order chi connectivity index (χ0) is 10.6. The van der Waals surface area contributed by atoms with Gasteiger partial charge in [0.1, 0.15) is 0 Å². The second kappa shape index (κ2) is 3.02. The topological polar surface area (TPSA) is 64.3 Å². The van der Waals surface area contributed by atoms with E-state index in [4.69, 9.17) is 0 Å². The van der Waals surface area contributed by atoms with Gasteiger partial charge in [-0.3, -0.25) is 0 Å². The van der Waals surface area contributed by atoms with E-state index in [1.807, 2.05) is 0 Å². The molecule has 1 aliphatic heterocycles. The fraction of sp³-hybridized carbons (Fsp3) is 0.429. The summed E-state index contributed by atoms with van der Waals surface area (Å²) in [5, 5.41) is 4.18. The SMILES string of the molecule is O=S1(=O)CCc2nc3sc(Br)nn3c2C1. The van der Waals surface area contributed by atoms with Crippen molar-refractivity contribution in [1.82, 2.24) is 14.6 Å². The van der Waals surface area contributed by atoms with Crippen molar-refractivity contribution in [3.05, 3.63) is 15.3 Å². The van der Waals surface area contributed by atoms with Crippen LogP contribution in [-0.2, 0) is 22.0 Å². The molecule has 0 radical (unpaired) electrons. The van der Waals surface area contributed by atoms with E-state index in [1.54, 1.807) is 4.52 Å². The lowest BCUT2D eigenvalue weighted by molar-refractivity contribution is 0.589. The zero-order valence-corrected chi connectivity index (χ0v) is 10.7. The lowest BCUT2D eigenvalue weighted by Crippen LogP contribution is -2.19. The van der Waals surface area contributed by atoms with E-state index in [-0.39, 0.29) is 11.5 Å². The number of fused-ring (bicyclic) bond motifs is 3. The van der Waals surface area contributed by atoms with Gasteiger partial charge in [0.05, 0.1) is 22.9 Å². The summed E-state index contributed by atoms with van der Waals surface area (Å²) in [4.78, 5) is 5.12. The molecule has 0 bridgehead atoms. The molecular formula is C7H6BrN3O2S2. The molecule has 3 rings (SSSR count). The monoisotopic (exact) mass is 307 g/mol. The van der Waals surface area contributed by atoms with Gasteiger partial charge in [0.15, 0.2) is 13.8 Å². The van der Waals surface area contributed by atoms with Crippen molar-refractivity contribution in [2.24, 2.45) is 0 Å². The van der Waals surface area contributed by atoms with E-state index in [0.717, 1.165) is 20.3 Å². The molecule has 0 unspecified atom stereocenters. The van der Waals surface area contributed by atoms with Crippen LogP contribution in [0.5, 0.6) is 0 Å². The summed E-state index contributed by atoms with van der Waals surface area (Å²) >= 11 is 4.67. The van der Waals surface area contributed by atoms with Crippen LogP contribution in [0.15, 0.2) is 3.92 Å². The Morgan fingerprint density at radius 3 is 3.07 bits per heavy atom. The minimum Gasteiger partial charge on any atom is -0.228 e. The smallest absolute Gasteiger partial charge is 0.213 e. The van der Waals surface area contributed by atoms with Gasteiger partial charge in [-0.15, -0.1) is 5.10 Å². The Labute approximate surface area is 98.2 Å². The Kier molecular flexibility index (Phi) is 1.96. The molecule has 0 amide bonds. The average molecular weight is 308 g/mol. The molecule has 0 saturated heterocycles. The molecule has 15 heavy (non-hydrogen) atoms. The van der Waals surface area contributed by atoms with Gasteiger partial charge in [-0.1, -0.05) is 11.3 Å². The number of sulfone groups is 1. The summed E-state index contributed by atoms with van der Waals surface area (Å²) in [7, 11) is -2.96. The van der Waals surface area contributed by atoms with Crippen molar-refractivity contribution >= 4 is 42.1 Å². The summed E-state index contributed by atoms with van der Waals surface area (Å²) in [6, 6.07) is 0. The molecule has 0 fully saturated rings. The highest BCUT2D eigenvalue weighted by atomic mass is 79.9. The van der Waals surface area contributed by atoms with Crippen LogP contribution in [0, 0.1) is 0 Å². The first kappa shape index (κ1) is 9.73. The van der Waals surface area contributed by atoms with Crippen LogP contribution in [-0.4, -0.2) is 28.8 Å². The Morgan fingerprint density at radius 1 is 1.47 bits per heavy atom. The number of halogens is 1. The lowest BCUT2D eigenvalue weighted by atomic mass is 10.3. The summed E-state index contributed by atoms with van der Waals surface area (Å²) < 4.78 is 25.3. The molecule has 0 saturated carbocycles. The van der Waals surface area contributed by atoms with E-state index in [0.29, 0.717) is 6.42 Å². The maximum atomic E-state index is 11.5. The van der Waals surface area contributed by atoms with Crippen LogP contribution < -0.4 is 0 Å². The summed E-state index contributed by atoms with van der Waals surface area (Å²) in [5.74, 6) is 0.256. The predicted molar refractivity (Wildman–Crippen MR) is 59.8 cm³/mol. The molecule has 3 heterocycles. The molecule has 80 valence electrons. The van der Waals surface area contributed by atoms with Gasteiger partial charge in [0.25, 0.3) is 0 Å². The normalized spacial score (nSPS) is 19.3. The summed E-state index contributed by atoms with van der Waals surface area (Å²) in [6.45, 7) is 0. The summed E-state index contributed by atoms with van der Waals surface area (Å²) in [6.07, 6.45) is 0.505. The fourth-order valence-electron chi connectivity index (χ4n) is 1.69. The number of hydrogen-bond acceptors (Lipinski definition) is 5. The Morgan fingerprint density at radius 2 is 2.27 bits per heavy atom. The number of hydrogen-bond donors (Lipinski definition) is 0. The van der Waals surface area contributed by atoms with Crippen molar-refractivity contribution < 1.29 is 8.42 Å². The van der Waals surface area contributed by atoms with Gasteiger partial charge >= 0.3 is 0 Å². The van der Waals surface area contributed by atoms with E-state index in [2.05, 4.69) is 26.0 Å². The van der Waals surface area contributed by atoms with Gasteiger partial charge in [-0.05, 0) is 15.9 Å². The second-order valence-electron chi connectivity index (χ2n) is 3.40. The van der Waals surface area contributed by atoms with Gasteiger partial charge in [0, 0.05) is 6.42 Å². The van der Waals surface area contributed by atoms with E-state index in [9.17, 15) is 8.42 Å². The maximum absolute atomic E-state index is 11.5. The van der Waals surface area contributed by atoms with Gasteiger partial charge < -0.3 is 0 Å². The summed E-state index contributed by atoms with van der Waals surface area (Å²) in [5.41, 5.74) is 1.59. The van der Waals surface area contributed by atoms with Crippen LogP contribution in [0.4, 0.5) is 0 Å². The fourth-order valence-corrected chi connectivity index (χ4v) is 4.30. The van der Waals surface area contributed by atoms with Crippen LogP contribution in [0.25, 0.3) is 4.96 Å². The first-order valence-electron chi connectivity index (χ1n) is 4.28. The van der Waals surface area contributed by atoms with Crippen molar-refractivity contribution in [2.45, 2.75) is 12.2 Å². The van der Waals surface area contributed by atoms with Crippen LogP contribution in [0.3, 0.4) is 0 Å². The predicted octanol–water partition coefficient (Wildman–Crippen LogP) is 1.02. The second-order valence-corrected chi connectivity index (χ2v) is 7.81. The third-order valence-electron chi connectivity index (χ3n) is 2.36. The molecule has 0 spiro atoms. The number of aromatic nitrogens is 3. The van der Waals surface area contributed by atoms with Crippen LogP contribution in [0.2, 0.25) is 0 Å².